The van der Waals surface area contributed by atoms with Crippen LogP contribution in [0.1, 0.15) is 48.5 Å². The van der Waals surface area contributed by atoms with Gasteiger partial charge >= 0.3 is 0 Å². The molecule has 31 heavy (non-hydrogen) atoms. The summed E-state index contributed by atoms with van der Waals surface area (Å²) in [6.07, 6.45) is 4.70. The van der Waals surface area contributed by atoms with E-state index in [0.29, 0.717) is 5.56 Å². The van der Waals surface area contributed by atoms with Crippen molar-refractivity contribution in [3.63, 3.8) is 0 Å². The van der Waals surface area contributed by atoms with E-state index in [4.69, 9.17) is 5.73 Å². The summed E-state index contributed by atoms with van der Waals surface area (Å²) in [4.78, 5) is 30.1. The molecule has 0 radical (unpaired) electrons. The summed E-state index contributed by atoms with van der Waals surface area (Å²) in [6, 6.07) is 7.69. The molecule has 1 aliphatic rings. The fourth-order valence-electron chi connectivity index (χ4n) is 3.76. The normalized spacial score (nSPS) is 15.5. The number of nitrogens with two attached hydrogens (primary N) is 1. The zero-order chi connectivity index (χ0) is 22.5. The summed E-state index contributed by atoms with van der Waals surface area (Å²) in [5, 5.41) is 9.31. The molecule has 1 aromatic rings. The number of nitrogens with one attached hydrogen (secondary N) is 3. The van der Waals surface area contributed by atoms with Crippen molar-refractivity contribution >= 4 is 17.8 Å². The second-order valence-corrected chi connectivity index (χ2v) is 7.94. The first kappa shape index (κ1) is 24.7. The van der Waals surface area contributed by atoms with Gasteiger partial charge in [0.25, 0.3) is 5.91 Å². The van der Waals surface area contributed by atoms with Crippen molar-refractivity contribution in [2.45, 2.75) is 39.0 Å². The van der Waals surface area contributed by atoms with Crippen molar-refractivity contribution in [2.24, 2.45) is 16.6 Å². The van der Waals surface area contributed by atoms with E-state index in [1.807, 2.05) is 24.3 Å². The monoisotopic (exact) mass is 430 g/mol. The first-order chi connectivity index (χ1) is 15.0. The maximum absolute atomic E-state index is 11.8. The van der Waals surface area contributed by atoms with Crippen molar-refractivity contribution in [3.05, 3.63) is 35.4 Å². The van der Waals surface area contributed by atoms with Crippen LogP contribution in [0.25, 0.3) is 0 Å². The Balaban J connectivity index is 1.67. The van der Waals surface area contributed by atoms with Gasteiger partial charge in [-0.1, -0.05) is 12.1 Å². The van der Waals surface area contributed by atoms with Gasteiger partial charge in [-0.3, -0.25) is 14.6 Å². The van der Waals surface area contributed by atoms with Gasteiger partial charge in [0.05, 0.1) is 0 Å². The fraction of sp³-hybridized carbons (Fsp3) is 0.609. The summed E-state index contributed by atoms with van der Waals surface area (Å²) in [7, 11) is 1.64. The van der Waals surface area contributed by atoms with E-state index in [9.17, 15) is 9.59 Å². The standard InChI is InChI=1S/C23H38N6O2/c1-3-26-23(28-13-9-18-7-6-8-20(17-18)22(31)25-2)27-12-4-5-14-29-15-10-19(11-16-29)21(24)30/h6-8,17,19H,3-5,9-16H2,1-2H3,(H2,24,30)(H,25,31)(H2,26,27,28). The molecule has 1 saturated heterocycles. The maximum Gasteiger partial charge on any atom is 0.251 e. The van der Waals surface area contributed by atoms with E-state index in [-0.39, 0.29) is 17.7 Å². The van der Waals surface area contributed by atoms with E-state index < -0.39 is 0 Å². The van der Waals surface area contributed by atoms with Crippen LogP contribution in [-0.2, 0) is 11.2 Å². The lowest BCUT2D eigenvalue weighted by Crippen LogP contribution is -2.39. The number of hydrogen-bond acceptors (Lipinski definition) is 4. The van der Waals surface area contributed by atoms with Gasteiger partial charge in [0.1, 0.15) is 0 Å². The Bertz CT molecular complexity index is 729. The highest BCUT2D eigenvalue weighted by Crippen LogP contribution is 2.16. The van der Waals surface area contributed by atoms with Gasteiger partial charge in [-0.05, 0) is 76.4 Å². The van der Waals surface area contributed by atoms with Crippen LogP contribution in [-0.4, -0.2) is 69.0 Å². The smallest absolute Gasteiger partial charge is 0.251 e. The zero-order valence-electron chi connectivity index (χ0n) is 19.0. The van der Waals surface area contributed by atoms with E-state index in [0.717, 1.165) is 82.9 Å². The predicted molar refractivity (Wildman–Crippen MR) is 125 cm³/mol. The van der Waals surface area contributed by atoms with E-state index in [1.54, 1.807) is 7.05 Å². The highest BCUT2D eigenvalue weighted by atomic mass is 16.2. The van der Waals surface area contributed by atoms with Crippen LogP contribution in [0.5, 0.6) is 0 Å². The van der Waals surface area contributed by atoms with Crippen molar-refractivity contribution in [3.8, 4) is 0 Å². The minimum Gasteiger partial charge on any atom is -0.369 e. The van der Waals surface area contributed by atoms with Gasteiger partial charge in [0, 0.05) is 38.2 Å². The molecule has 1 heterocycles. The van der Waals surface area contributed by atoms with Gasteiger partial charge in [-0.15, -0.1) is 0 Å². The van der Waals surface area contributed by atoms with Crippen LogP contribution in [0.3, 0.4) is 0 Å². The second kappa shape index (κ2) is 13.6. The van der Waals surface area contributed by atoms with Gasteiger partial charge in [0.2, 0.25) is 5.91 Å². The molecule has 0 aromatic heterocycles. The van der Waals surface area contributed by atoms with Gasteiger partial charge in [0.15, 0.2) is 5.96 Å². The molecule has 8 heteroatoms. The van der Waals surface area contributed by atoms with Crippen molar-refractivity contribution in [1.82, 2.24) is 20.9 Å². The third kappa shape index (κ3) is 8.96. The summed E-state index contributed by atoms with van der Waals surface area (Å²) in [6.45, 7) is 7.36. The third-order valence-electron chi connectivity index (χ3n) is 5.61. The Morgan fingerprint density at radius 1 is 1.19 bits per heavy atom. The maximum atomic E-state index is 11.8. The minimum atomic E-state index is -0.156. The molecule has 5 N–H and O–H groups in total. The molecule has 1 aromatic carbocycles. The molecule has 172 valence electrons. The number of carbonyl (C=O) groups is 2. The van der Waals surface area contributed by atoms with Crippen LogP contribution < -0.4 is 21.7 Å². The molecular weight excluding hydrogens is 392 g/mol. The number of rotatable bonds is 11. The van der Waals surface area contributed by atoms with Crippen LogP contribution in [0.4, 0.5) is 0 Å². The predicted octanol–water partition coefficient (Wildman–Crippen LogP) is 1.12. The number of aliphatic imine (C=N–C) groups is 1. The van der Waals surface area contributed by atoms with Gasteiger partial charge in [-0.25, -0.2) is 0 Å². The van der Waals surface area contributed by atoms with Crippen LogP contribution in [0, 0.1) is 5.92 Å². The Morgan fingerprint density at radius 3 is 2.65 bits per heavy atom. The first-order valence-electron chi connectivity index (χ1n) is 11.4. The first-order valence-corrected chi connectivity index (χ1v) is 11.4. The Morgan fingerprint density at radius 2 is 1.97 bits per heavy atom. The SMILES string of the molecule is CCNC(=NCCCCN1CCC(C(N)=O)CC1)NCCc1cccc(C(=O)NC)c1. The molecule has 1 aliphatic heterocycles. The molecule has 0 spiro atoms. The van der Waals surface area contributed by atoms with Gasteiger partial charge < -0.3 is 26.6 Å². The number of likely N-dealkylation sites (tertiary alicyclic amines) is 1. The molecule has 0 aliphatic carbocycles. The van der Waals surface area contributed by atoms with Crippen molar-refractivity contribution < 1.29 is 9.59 Å². The molecule has 0 unspecified atom stereocenters. The number of piperidine rings is 1. The summed E-state index contributed by atoms with van der Waals surface area (Å²) in [5.74, 6) is 0.659. The minimum absolute atomic E-state index is 0.0564. The number of hydrogen-bond donors (Lipinski definition) is 4. The second-order valence-electron chi connectivity index (χ2n) is 7.94. The number of benzene rings is 1. The summed E-state index contributed by atoms with van der Waals surface area (Å²) >= 11 is 0. The van der Waals surface area contributed by atoms with Crippen LogP contribution in [0.15, 0.2) is 29.3 Å². The summed E-state index contributed by atoms with van der Waals surface area (Å²) in [5.41, 5.74) is 7.19. The molecule has 0 atom stereocenters. The molecule has 2 amide bonds. The Hall–Kier alpha value is -2.61. The molecule has 0 saturated carbocycles. The molecule has 1 fully saturated rings. The number of unbranched alkanes of at least 4 members (excludes halogenated alkanes) is 1. The number of guanidine groups is 1. The third-order valence-corrected chi connectivity index (χ3v) is 5.61. The van der Waals surface area contributed by atoms with E-state index in [2.05, 4.69) is 32.8 Å². The summed E-state index contributed by atoms with van der Waals surface area (Å²) < 4.78 is 0. The van der Waals surface area contributed by atoms with Crippen LogP contribution in [0.2, 0.25) is 0 Å². The van der Waals surface area contributed by atoms with E-state index in [1.165, 1.54) is 0 Å². The molecular formula is C23H38N6O2. The molecule has 0 bridgehead atoms. The number of nitrogens with zero attached hydrogens (tertiary/aromatic N) is 2. The lowest BCUT2D eigenvalue weighted by Gasteiger charge is -2.30. The Kier molecular flexibility index (Phi) is 10.9. The lowest BCUT2D eigenvalue weighted by atomic mass is 9.96. The van der Waals surface area contributed by atoms with Crippen molar-refractivity contribution in [2.75, 3.05) is 46.3 Å². The quantitative estimate of drug-likeness (QED) is 0.239. The average molecular weight is 431 g/mol. The Labute approximate surface area is 186 Å². The number of carbonyl (C=O) groups excluding carboxylic acids is 2. The molecule has 2 rings (SSSR count). The molecule has 8 nitrogen and oxygen atoms in total. The van der Waals surface area contributed by atoms with Crippen molar-refractivity contribution in [1.29, 1.82) is 0 Å². The van der Waals surface area contributed by atoms with Gasteiger partial charge in [-0.2, -0.15) is 0 Å². The lowest BCUT2D eigenvalue weighted by molar-refractivity contribution is -0.123. The average Bonchev–Trinajstić information content (AvgIpc) is 2.78. The number of amides is 2. The fourth-order valence-corrected chi connectivity index (χ4v) is 3.76. The highest BCUT2D eigenvalue weighted by Gasteiger charge is 2.22. The zero-order valence-corrected chi connectivity index (χ0v) is 19.0. The largest absolute Gasteiger partial charge is 0.369 e. The van der Waals surface area contributed by atoms with Crippen LogP contribution >= 0.6 is 0 Å². The van der Waals surface area contributed by atoms with E-state index >= 15 is 0 Å². The topological polar surface area (TPSA) is 112 Å². The highest BCUT2D eigenvalue weighted by molar-refractivity contribution is 5.94. The number of primary amides is 1.